The van der Waals surface area contributed by atoms with Crippen molar-refractivity contribution in [1.29, 1.82) is 0 Å². The van der Waals surface area contributed by atoms with Crippen molar-refractivity contribution in [2.75, 3.05) is 13.2 Å². The normalized spacial score (nSPS) is 18.8. The van der Waals surface area contributed by atoms with E-state index in [4.69, 9.17) is 10.2 Å². The molecule has 1 unspecified atom stereocenters. The van der Waals surface area contributed by atoms with Gasteiger partial charge in [0.25, 0.3) is 5.91 Å². The quantitative estimate of drug-likeness (QED) is 0.412. The molecule has 0 aromatic heterocycles. The minimum atomic E-state index is -1.66. The minimum absolute atomic E-state index is 0.408. The maximum absolute atomic E-state index is 11.0. The van der Waals surface area contributed by atoms with Gasteiger partial charge < -0.3 is 10.2 Å². The second-order valence-corrected chi connectivity index (χ2v) is 2.48. The summed E-state index contributed by atoms with van der Waals surface area (Å²) in [6.45, 7) is -1.19. The van der Waals surface area contributed by atoms with Crippen LogP contribution in [0, 0.1) is 0 Å². The molecule has 0 radical (unpaired) electrons. The number of hydrogen-bond donors (Lipinski definition) is 3. The molecule has 0 aromatic carbocycles. The smallest absolute Gasteiger partial charge is 0.331 e. The number of nitrogens with zero attached hydrogens (tertiary/aromatic N) is 1. The van der Waals surface area contributed by atoms with Crippen LogP contribution >= 0.6 is 0 Å². The van der Waals surface area contributed by atoms with E-state index in [-0.39, 0.29) is 0 Å². The van der Waals surface area contributed by atoms with Gasteiger partial charge in [0.1, 0.15) is 6.54 Å². The monoisotopic (exact) mass is 188 g/mol. The highest BCUT2D eigenvalue weighted by molar-refractivity contribution is 6.10. The number of carbonyl (C=O) groups excluding carboxylic acids is 3. The van der Waals surface area contributed by atoms with Gasteiger partial charge >= 0.3 is 6.03 Å². The zero-order valence-corrected chi connectivity index (χ0v) is 6.56. The molecule has 1 rings (SSSR count). The Morgan fingerprint density at radius 1 is 1.62 bits per heavy atom. The van der Waals surface area contributed by atoms with E-state index in [1.165, 1.54) is 0 Å². The number of rotatable bonds is 2. The zero-order valence-electron chi connectivity index (χ0n) is 6.56. The molecule has 1 heterocycles. The summed E-state index contributed by atoms with van der Waals surface area (Å²) in [7, 11) is 0. The van der Waals surface area contributed by atoms with E-state index < -0.39 is 37.1 Å². The van der Waals surface area contributed by atoms with Crippen LogP contribution in [0.3, 0.4) is 0 Å². The summed E-state index contributed by atoms with van der Waals surface area (Å²) in [6.07, 6.45) is -1.66. The predicted molar refractivity (Wildman–Crippen MR) is 38.3 cm³/mol. The molecule has 13 heavy (non-hydrogen) atoms. The van der Waals surface area contributed by atoms with E-state index in [9.17, 15) is 14.4 Å². The number of aliphatic hydroxyl groups excluding tert-OH is 2. The van der Waals surface area contributed by atoms with Crippen LogP contribution in [-0.4, -0.2) is 52.2 Å². The minimum Gasteiger partial charge on any atom is -0.393 e. The van der Waals surface area contributed by atoms with Crippen molar-refractivity contribution in [3.63, 3.8) is 0 Å². The number of carbonyl (C=O) groups is 3. The maximum Gasteiger partial charge on any atom is 0.331 e. The van der Waals surface area contributed by atoms with Crippen molar-refractivity contribution in [1.82, 2.24) is 10.2 Å². The first-order chi connectivity index (χ1) is 6.06. The molecule has 1 fully saturated rings. The number of aliphatic hydroxyl groups is 2. The fraction of sp³-hybridized carbons (Fsp3) is 0.500. The molecule has 72 valence electrons. The zero-order chi connectivity index (χ0) is 10.0. The third kappa shape index (κ3) is 1.82. The Bertz CT molecular complexity index is 264. The van der Waals surface area contributed by atoms with Crippen LogP contribution in [0.4, 0.5) is 4.79 Å². The van der Waals surface area contributed by atoms with E-state index in [1.807, 2.05) is 5.32 Å². The van der Waals surface area contributed by atoms with Gasteiger partial charge in [-0.3, -0.25) is 19.8 Å². The summed E-state index contributed by atoms with van der Waals surface area (Å²) in [5, 5.41) is 19.1. The average Bonchev–Trinajstić information content (AvgIpc) is 2.42. The molecule has 4 amide bonds. The van der Waals surface area contributed by atoms with Gasteiger partial charge in [0.15, 0.2) is 6.10 Å². The van der Waals surface area contributed by atoms with E-state index in [2.05, 4.69) is 0 Å². The largest absolute Gasteiger partial charge is 0.393 e. The van der Waals surface area contributed by atoms with Crippen molar-refractivity contribution in [3.8, 4) is 0 Å². The van der Waals surface area contributed by atoms with Crippen LogP contribution in [0.2, 0.25) is 0 Å². The number of nitrogens with one attached hydrogen (secondary N) is 1. The third-order valence-electron chi connectivity index (χ3n) is 1.52. The first-order valence-electron chi connectivity index (χ1n) is 3.50. The average molecular weight is 188 g/mol. The molecule has 0 aromatic rings. The van der Waals surface area contributed by atoms with Crippen LogP contribution in [0.25, 0.3) is 0 Å². The van der Waals surface area contributed by atoms with Gasteiger partial charge in [-0.1, -0.05) is 0 Å². The number of urea groups is 1. The van der Waals surface area contributed by atoms with E-state index in [1.54, 1.807) is 0 Å². The molecule has 1 aliphatic rings. The summed E-state index contributed by atoms with van der Waals surface area (Å²) in [4.78, 5) is 33.0. The molecule has 7 nitrogen and oxygen atoms in total. The Morgan fingerprint density at radius 2 is 2.23 bits per heavy atom. The first kappa shape index (κ1) is 9.62. The molecule has 3 N–H and O–H groups in total. The van der Waals surface area contributed by atoms with E-state index in [0.29, 0.717) is 4.90 Å². The van der Waals surface area contributed by atoms with Crippen molar-refractivity contribution in [2.45, 2.75) is 6.10 Å². The first-order valence-corrected chi connectivity index (χ1v) is 3.50. The lowest BCUT2D eigenvalue weighted by Crippen LogP contribution is -2.42. The lowest BCUT2D eigenvalue weighted by Gasteiger charge is -2.13. The predicted octanol–water partition coefficient (Wildman–Crippen LogP) is -2.58. The highest BCUT2D eigenvalue weighted by atomic mass is 16.3. The Labute approximate surface area is 72.9 Å². The summed E-state index contributed by atoms with van der Waals surface area (Å²) >= 11 is 0. The molecule has 1 atom stereocenters. The second kappa shape index (κ2) is 3.50. The lowest BCUT2D eigenvalue weighted by molar-refractivity contribution is -0.139. The highest BCUT2D eigenvalue weighted by Gasteiger charge is 2.34. The summed E-state index contributed by atoms with van der Waals surface area (Å²) < 4.78 is 0. The molecular formula is C6H8N2O5. The number of imide groups is 2. The molecule has 0 aliphatic carbocycles. The van der Waals surface area contributed by atoms with E-state index in [0.717, 1.165) is 0 Å². The van der Waals surface area contributed by atoms with Crippen molar-refractivity contribution in [2.24, 2.45) is 0 Å². The molecule has 7 heteroatoms. The van der Waals surface area contributed by atoms with Gasteiger partial charge in [0, 0.05) is 0 Å². The summed E-state index contributed by atoms with van der Waals surface area (Å²) in [6, 6.07) is -0.873. The summed E-state index contributed by atoms with van der Waals surface area (Å²) in [5.41, 5.74) is 0. The fourth-order valence-electron chi connectivity index (χ4n) is 0.878. The number of hydrogen-bond acceptors (Lipinski definition) is 5. The molecular weight excluding hydrogens is 180 g/mol. The number of amides is 4. The standard InChI is InChI=1S/C6H8N2O5/c9-2-3(10)5(12)8-1-4(11)7-6(8)13/h3,9-10H,1-2H2,(H,7,11,13). The maximum atomic E-state index is 11.0. The molecule has 0 spiro atoms. The lowest BCUT2D eigenvalue weighted by atomic mass is 10.3. The van der Waals surface area contributed by atoms with Crippen molar-refractivity contribution < 1.29 is 24.6 Å². The van der Waals surface area contributed by atoms with Gasteiger partial charge in [0.05, 0.1) is 6.61 Å². The van der Waals surface area contributed by atoms with Crippen molar-refractivity contribution in [3.05, 3.63) is 0 Å². The van der Waals surface area contributed by atoms with Crippen LogP contribution in [0.5, 0.6) is 0 Å². The molecule has 1 saturated heterocycles. The van der Waals surface area contributed by atoms with Gasteiger partial charge in [-0.05, 0) is 0 Å². The van der Waals surface area contributed by atoms with Gasteiger partial charge in [-0.25, -0.2) is 4.79 Å². The van der Waals surface area contributed by atoms with Gasteiger partial charge in [0.2, 0.25) is 5.91 Å². The van der Waals surface area contributed by atoms with Crippen LogP contribution in [0.1, 0.15) is 0 Å². The fourth-order valence-corrected chi connectivity index (χ4v) is 0.878. The van der Waals surface area contributed by atoms with Gasteiger partial charge in [-0.2, -0.15) is 0 Å². The highest BCUT2D eigenvalue weighted by Crippen LogP contribution is 2.01. The van der Waals surface area contributed by atoms with Crippen LogP contribution in [0.15, 0.2) is 0 Å². The van der Waals surface area contributed by atoms with Crippen LogP contribution < -0.4 is 5.32 Å². The Morgan fingerprint density at radius 3 is 2.62 bits per heavy atom. The van der Waals surface area contributed by atoms with E-state index >= 15 is 0 Å². The molecule has 0 bridgehead atoms. The Balaban J connectivity index is 2.67. The summed E-state index contributed by atoms with van der Waals surface area (Å²) in [5.74, 6) is -1.59. The van der Waals surface area contributed by atoms with Crippen LogP contribution in [-0.2, 0) is 9.59 Å². The molecule has 0 saturated carbocycles. The third-order valence-corrected chi connectivity index (χ3v) is 1.52. The van der Waals surface area contributed by atoms with Crippen molar-refractivity contribution >= 4 is 17.8 Å². The second-order valence-electron chi connectivity index (χ2n) is 2.48. The van der Waals surface area contributed by atoms with Gasteiger partial charge in [-0.15, -0.1) is 0 Å². The topological polar surface area (TPSA) is 107 Å². The molecule has 1 aliphatic heterocycles. The SMILES string of the molecule is O=C1CN(C(=O)C(O)CO)C(=O)N1. The Kier molecular flexibility index (Phi) is 2.59. The Hall–Kier alpha value is -1.47.